The van der Waals surface area contributed by atoms with E-state index in [4.69, 9.17) is 4.74 Å². The normalized spacial score (nSPS) is 22.5. The average Bonchev–Trinajstić information content (AvgIpc) is 2.88. The van der Waals surface area contributed by atoms with Crippen LogP contribution < -0.4 is 5.32 Å². The number of hydrogen-bond acceptors (Lipinski definition) is 4. The highest BCUT2D eigenvalue weighted by atomic mass is 32.1. The molecule has 2 heterocycles. The quantitative estimate of drug-likeness (QED) is 0.847. The van der Waals surface area contributed by atoms with E-state index in [-0.39, 0.29) is 0 Å². The SMILES string of the molecule is CNC(CCC1CCCCO1)Cc1nccs1. The molecule has 2 rings (SSSR count). The summed E-state index contributed by atoms with van der Waals surface area (Å²) in [6, 6.07) is 0.534. The fourth-order valence-electron chi connectivity index (χ4n) is 2.34. The molecule has 2 unspecified atom stereocenters. The Morgan fingerprint density at radius 1 is 1.59 bits per heavy atom. The first-order valence-electron chi connectivity index (χ1n) is 6.55. The van der Waals surface area contributed by atoms with E-state index in [1.807, 2.05) is 18.6 Å². The van der Waals surface area contributed by atoms with Crippen LogP contribution in [0, 0.1) is 0 Å². The highest BCUT2D eigenvalue weighted by molar-refractivity contribution is 7.09. The van der Waals surface area contributed by atoms with Gasteiger partial charge in [-0.1, -0.05) is 0 Å². The van der Waals surface area contributed by atoms with Crippen molar-refractivity contribution in [2.24, 2.45) is 0 Å². The molecule has 1 aliphatic heterocycles. The largest absolute Gasteiger partial charge is 0.378 e. The third-order valence-corrected chi connectivity index (χ3v) is 4.23. The molecular weight excluding hydrogens is 232 g/mol. The van der Waals surface area contributed by atoms with Gasteiger partial charge in [0.15, 0.2) is 0 Å². The molecule has 1 fully saturated rings. The van der Waals surface area contributed by atoms with E-state index in [1.165, 1.54) is 37.1 Å². The summed E-state index contributed by atoms with van der Waals surface area (Å²) in [7, 11) is 2.04. The number of nitrogens with zero attached hydrogens (tertiary/aromatic N) is 1. The molecule has 1 aliphatic rings. The minimum Gasteiger partial charge on any atom is -0.378 e. The minimum absolute atomic E-state index is 0.496. The Kier molecular flexibility index (Phi) is 5.42. The van der Waals surface area contributed by atoms with E-state index in [2.05, 4.69) is 10.3 Å². The molecule has 1 N–H and O–H groups in total. The van der Waals surface area contributed by atoms with Gasteiger partial charge in [-0.2, -0.15) is 0 Å². The molecular formula is C13H22N2OS. The van der Waals surface area contributed by atoms with Crippen molar-refractivity contribution in [2.75, 3.05) is 13.7 Å². The number of ether oxygens (including phenoxy) is 1. The number of aromatic nitrogens is 1. The molecule has 0 aromatic carbocycles. The standard InChI is InChI=1S/C13H22N2OS/c1-14-11(10-13-15-7-9-17-13)5-6-12-4-2-3-8-16-12/h7,9,11-12,14H,2-6,8,10H2,1H3. The van der Waals surface area contributed by atoms with Crippen LogP contribution in [-0.2, 0) is 11.2 Å². The fraction of sp³-hybridized carbons (Fsp3) is 0.769. The van der Waals surface area contributed by atoms with Crippen LogP contribution in [0.2, 0.25) is 0 Å². The summed E-state index contributed by atoms with van der Waals surface area (Å²) in [5.41, 5.74) is 0. The van der Waals surface area contributed by atoms with Gasteiger partial charge in [0.25, 0.3) is 0 Å². The molecule has 2 atom stereocenters. The first kappa shape index (κ1) is 13.0. The molecule has 1 aromatic rings. The summed E-state index contributed by atoms with van der Waals surface area (Å²) >= 11 is 1.75. The zero-order chi connectivity index (χ0) is 11.9. The Hall–Kier alpha value is -0.450. The monoisotopic (exact) mass is 254 g/mol. The Bertz CT molecular complexity index is 296. The van der Waals surface area contributed by atoms with Crippen molar-refractivity contribution >= 4 is 11.3 Å². The lowest BCUT2D eigenvalue weighted by Crippen LogP contribution is -2.30. The number of likely N-dealkylation sites (N-methyl/N-ethyl adjacent to an activating group) is 1. The van der Waals surface area contributed by atoms with Crippen LogP contribution in [0.4, 0.5) is 0 Å². The zero-order valence-electron chi connectivity index (χ0n) is 10.5. The first-order chi connectivity index (χ1) is 8.38. The van der Waals surface area contributed by atoms with Crippen LogP contribution in [0.3, 0.4) is 0 Å². The highest BCUT2D eigenvalue weighted by Crippen LogP contribution is 2.19. The molecule has 0 aliphatic carbocycles. The number of nitrogens with one attached hydrogen (secondary N) is 1. The third-order valence-electron chi connectivity index (χ3n) is 3.42. The summed E-state index contributed by atoms with van der Waals surface area (Å²) in [4.78, 5) is 4.35. The van der Waals surface area contributed by atoms with Crippen LogP contribution in [-0.4, -0.2) is 30.8 Å². The smallest absolute Gasteiger partial charge is 0.0940 e. The van der Waals surface area contributed by atoms with Gasteiger partial charge in [-0.25, -0.2) is 4.98 Å². The maximum absolute atomic E-state index is 5.77. The van der Waals surface area contributed by atoms with Crippen LogP contribution in [0.15, 0.2) is 11.6 Å². The lowest BCUT2D eigenvalue weighted by molar-refractivity contribution is 0.00870. The van der Waals surface area contributed by atoms with Gasteiger partial charge in [-0.3, -0.25) is 0 Å². The summed E-state index contributed by atoms with van der Waals surface area (Å²) in [6.45, 7) is 0.960. The van der Waals surface area contributed by atoms with Crippen LogP contribution in [0.25, 0.3) is 0 Å². The van der Waals surface area contributed by atoms with Crippen molar-refractivity contribution in [2.45, 2.75) is 50.7 Å². The van der Waals surface area contributed by atoms with Crippen LogP contribution in [0.5, 0.6) is 0 Å². The Balaban J connectivity index is 1.71. The topological polar surface area (TPSA) is 34.1 Å². The van der Waals surface area contributed by atoms with Crippen LogP contribution in [0.1, 0.15) is 37.1 Å². The lowest BCUT2D eigenvalue weighted by Gasteiger charge is -2.24. The predicted octanol–water partition coefficient (Wildman–Crippen LogP) is 2.62. The van der Waals surface area contributed by atoms with Crippen LogP contribution >= 0.6 is 11.3 Å². The Labute approximate surface area is 108 Å². The molecule has 0 radical (unpaired) electrons. The summed E-state index contributed by atoms with van der Waals surface area (Å²) in [5.74, 6) is 0. The highest BCUT2D eigenvalue weighted by Gasteiger charge is 2.16. The molecule has 96 valence electrons. The van der Waals surface area contributed by atoms with E-state index in [9.17, 15) is 0 Å². The lowest BCUT2D eigenvalue weighted by atomic mass is 10.0. The second-order valence-corrected chi connectivity index (χ2v) is 5.66. The van der Waals surface area contributed by atoms with Gasteiger partial charge in [-0.05, 0) is 39.2 Å². The van der Waals surface area contributed by atoms with Gasteiger partial charge in [0.2, 0.25) is 0 Å². The molecule has 1 aromatic heterocycles. The molecule has 0 amide bonds. The fourth-order valence-corrected chi connectivity index (χ4v) is 3.03. The second kappa shape index (κ2) is 7.09. The molecule has 4 heteroatoms. The minimum atomic E-state index is 0.496. The maximum atomic E-state index is 5.77. The number of rotatable bonds is 6. The summed E-state index contributed by atoms with van der Waals surface area (Å²) in [5, 5.41) is 6.67. The maximum Gasteiger partial charge on any atom is 0.0940 e. The predicted molar refractivity (Wildman–Crippen MR) is 71.5 cm³/mol. The Morgan fingerprint density at radius 2 is 2.53 bits per heavy atom. The third kappa shape index (κ3) is 4.37. The van der Waals surface area contributed by atoms with Crippen molar-refractivity contribution in [1.82, 2.24) is 10.3 Å². The van der Waals surface area contributed by atoms with E-state index >= 15 is 0 Å². The molecule has 1 saturated heterocycles. The van der Waals surface area contributed by atoms with Crippen molar-refractivity contribution in [3.8, 4) is 0 Å². The number of hydrogen-bond donors (Lipinski definition) is 1. The van der Waals surface area contributed by atoms with Crippen molar-refractivity contribution < 1.29 is 4.74 Å². The second-order valence-electron chi connectivity index (χ2n) is 4.68. The summed E-state index contributed by atoms with van der Waals surface area (Å²) in [6.07, 6.45) is 9.60. The number of thiazole rings is 1. The van der Waals surface area contributed by atoms with Crippen molar-refractivity contribution in [3.63, 3.8) is 0 Å². The first-order valence-corrected chi connectivity index (χ1v) is 7.43. The van der Waals surface area contributed by atoms with Gasteiger partial charge in [0, 0.05) is 30.6 Å². The van der Waals surface area contributed by atoms with Gasteiger partial charge in [0.05, 0.1) is 11.1 Å². The summed E-state index contributed by atoms with van der Waals surface area (Å²) < 4.78 is 5.77. The van der Waals surface area contributed by atoms with E-state index in [1.54, 1.807) is 11.3 Å². The molecule has 0 spiro atoms. The molecule has 17 heavy (non-hydrogen) atoms. The van der Waals surface area contributed by atoms with Gasteiger partial charge in [0.1, 0.15) is 0 Å². The van der Waals surface area contributed by atoms with Gasteiger partial charge < -0.3 is 10.1 Å². The van der Waals surface area contributed by atoms with Gasteiger partial charge in [-0.15, -0.1) is 11.3 Å². The van der Waals surface area contributed by atoms with E-state index in [0.29, 0.717) is 12.1 Å². The Morgan fingerprint density at radius 3 is 3.18 bits per heavy atom. The molecule has 0 bridgehead atoms. The molecule has 3 nitrogen and oxygen atoms in total. The van der Waals surface area contributed by atoms with Crippen molar-refractivity contribution in [3.05, 3.63) is 16.6 Å². The van der Waals surface area contributed by atoms with Gasteiger partial charge >= 0.3 is 0 Å². The van der Waals surface area contributed by atoms with E-state index < -0.39 is 0 Å². The van der Waals surface area contributed by atoms with E-state index in [0.717, 1.165) is 13.0 Å². The molecule has 0 saturated carbocycles. The average molecular weight is 254 g/mol. The zero-order valence-corrected chi connectivity index (χ0v) is 11.3. The van der Waals surface area contributed by atoms with Crippen molar-refractivity contribution in [1.29, 1.82) is 0 Å².